The number of esters is 1. The van der Waals surface area contributed by atoms with Crippen molar-refractivity contribution in [2.45, 2.75) is 38.6 Å². The maximum Gasteiger partial charge on any atom is 0.341 e. The number of anilines is 2. The molecule has 26 heavy (non-hydrogen) atoms. The first-order valence-corrected chi connectivity index (χ1v) is 9.02. The molecule has 0 saturated heterocycles. The highest BCUT2D eigenvalue weighted by Gasteiger charge is 2.26. The third kappa shape index (κ3) is 3.05. The van der Waals surface area contributed by atoms with Crippen molar-refractivity contribution >= 4 is 28.4 Å². The SMILES string of the molecule is COC(=O)c1cc(C2CC2)cnc1Nc1ccc2c(ccn2C(C)C)c1. The lowest BCUT2D eigenvalue weighted by atomic mass is 10.1. The number of hydrogen-bond acceptors (Lipinski definition) is 4. The summed E-state index contributed by atoms with van der Waals surface area (Å²) < 4.78 is 7.19. The predicted octanol–water partition coefficient (Wildman–Crippen LogP) is 5.02. The Bertz CT molecular complexity index is 971. The zero-order chi connectivity index (χ0) is 18.3. The fourth-order valence-corrected chi connectivity index (χ4v) is 3.31. The molecule has 0 atom stereocenters. The highest BCUT2D eigenvalue weighted by Crippen LogP contribution is 2.40. The summed E-state index contributed by atoms with van der Waals surface area (Å²) in [5.74, 6) is 0.700. The van der Waals surface area contributed by atoms with E-state index >= 15 is 0 Å². The Hall–Kier alpha value is -2.82. The van der Waals surface area contributed by atoms with Crippen LogP contribution in [0, 0.1) is 0 Å². The first-order valence-electron chi connectivity index (χ1n) is 9.02. The van der Waals surface area contributed by atoms with Gasteiger partial charge in [-0.2, -0.15) is 0 Å². The quantitative estimate of drug-likeness (QED) is 0.657. The second-order valence-electron chi connectivity index (χ2n) is 7.15. The van der Waals surface area contributed by atoms with E-state index in [9.17, 15) is 4.79 Å². The van der Waals surface area contributed by atoms with Crippen LogP contribution in [0.15, 0.2) is 42.7 Å². The van der Waals surface area contributed by atoms with Gasteiger partial charge in [-0.3, -0.25) is 0 Å². The summed E-state index contributed by atoms with van der Waals surface area (Å²) >= 11 is 0. The lowest BCUT2D eigenvalue weighted by Crippen LogP contribution is -2.08. The number of aromatic nitrogens is 2. The van der Waals surface area contributed by atoms with Crippen LogP contribution in [0.4, 0.5) is 11.5 Å². The number of benzene rings is 1. The highest BCUT2D eigenvalue weighted by molar-refractivity contribution is 5.96. The molecular weight excluding hydrogens is 326 g/mol. The first-order chi connectivity index (χ1) is 12.6. The number of hydrogen-bond donors (Lipinski definition) is 1. The van der Waals surface area contributed by atoms with Gasteiger partial charge >= 0.3 is 5.97 Å². The molecule has 0 aliphatic heterocycles. The first kappa shape index (κ1) is 16.6. The van der Waals surface area contributed by atoms with Crippen molar-refractivity contribution in [3.63, 3.8) is 0 Å². The number of nitrogens with zero attached hydrogens (tertiary/aromatic N) is 2. The third-order valence-electron chi connectivity index (χ3n) is 4.90. The number of methoxy groups -OCH3 is 1. The van der Waals surface area contributed by atoms with E-state index in [4.69, 9.17) is 4.74 Å². The Labute approximate surface area is 153 Å². The van der Waals surface area contributed by atoms with E-state index in [0.29, 0.717) is 23.3 Å². The molecule has 0 radical (unpaired) electrons. The second-order valence-corrected chi connectivity index (χ2v) is 7.15. The van der Waals surface area contributed by atoms with Crippen molar-refractivity contribution in [3.8, 4) is 0 Å². The van der Waals surface area contributed by atoms with Gasteiger partial charge < -0.3 is 14.6 Å². The number of carbonyl (C=O) groups excluding carboxylic acids is 1. The summed E-state index contributed by atoms with van der Waals surface area (Å²) in [7, 11) is 1.40. The molecule has 2 aromatic heterocycles. The van der Waals surface area contributed by atoms with Gasteiger partial charge in [0.1, 0.15) is 11.4 Å². The van der Waals surface area contributed by atoms with Crippen molar-refractivity contribution < 1.29 is 9.53 Å². The molecule has 2 heterocycles. The molecule has 4 rings (SSSR count). The molecule has 1 aliphatic rings. The van der Waals surface area contributed by atoms with Crippen LogP contribution in [0.2, 0.25) is 0 Å². The fraction of sp³-hybridized carbons (Fsp3) is 0.333. The van der Waals surface area contributed by atoms with Crippen LogP contribution in [0.25, 0.3) is 10.9 Å². The smallest absolute Gasteiger partial charge is 0.341 e. The van der Waals surface area contributed by atoms with Gasteiger partial charge in [-0.15, -0.1) is 0 Å². The second kappa shape index (κ2) is 6.48. The fourth-order valence-electron chi connectivity index (χ4n) is 3.31. The average Bonchev–Trinajstić information content (AvgIpc) is 3.40. The number of rotatable bonds is 5. The Morgan fingerprint density at radius 3 is 2.77 bits per heavy atom. The topological polar surface area (TPSA) is 56.1 Å². The van der Waals surface area contributed by atoms with Crippen LogP contribution in [0.5, 0.6) is 0 Å². The summed E-state index contributed by atoms with van der Waals surface area (Å²) in [6, 6.07) is 10.6. The molecule has 0 unspecified atom stereocenters. The van der Waals surface area contributed by atoms with E-state index in [2.05, 4.69) is 53.1 Å². The molecule has 1 N–H and O–H groups in total. The number of ether oxygens (including phenoxy) is 1. The molecule has 5 heteroatoms. The van der Waals surface area contributed by atoms with Gasteiger partial charge in [-0.25, -0.2) is 9.78 Å². The Balaban J connectivity index is 1.68. The molecule has 1 fully saturated rings. The predicted molar refractivity (Wildman–Crippen MR) is 103 cm³/mol. The lowest BCUT2D eigenvalue weighted by Gasteiger charge is -2.13. The van der Waals surface area contributed by atoms with Crippen molar-refractivity contribution in [2.24, 2.45) is 0 Å². The molecule has 1 aromatic carbocycles. The monoisotopic (exact) mass is 349 g/mol. The van der Waals surface area contributed by atoms with E-state index < -0.39 is 0 Å². The molecular formula is C21H23N3O2. The summed E-state index contributed by atoms with van der Waals surface area (Å²) in [6.45, 7) is 4.33. The Morgan fingerprint density at radius 2 is 2.08 bits per heavy atom. The largest absolute Gasteiger partial charge is 0.465 e. The zero-order valence-corrected chi connectivity index (χ0v) is 15.3. The number of fused-ring (bicyclic) bond motifs is 1. The maximum absolute atomic E-state index is 12.2. The van der Waals surface area contributed by atoms with Gasteiger partial charge in [0.25, 0.3) is 0 Å². The number of carbonyl (C=O) groups is 1. The summed E-state index contributed by atoms with van der Waals surface area (Å²) in [5, 5.41) is 4.43. The van der Waals surface area contributed by atoms with E-state index in [1.165, 1.54) is 25.5 Å². The van der Waals surface area contributed by atoms with Gasteiger partial charge in [0, 0.05) is 35.0 Å². The highest BCUT2D eigenvalue weighted by atomic mass is 16.5. The third-order valence-corrected chi connectivity index (χ3v) is 4.90. The van der Waals surface area contributed by atoms with Crippen molar-refractivity contribution in [3.05, 3.63) is 53.9 Å². The summed E-state index contributed by atoms with van der Waals surface area (Å²) in [5.41, 5.74) is 3.68. The van der Waals surface area contributed by atoms with Crippen LogP contribution >= 0.6 is 0 Å². The minimum absolute atomic E-state index is 0.366. The van der Waals surface area contributed by atoms with E-state index in [1.54, 1.807) is 0 Å². The van der Waals surface area contributed by atoms with Crippen LogP contribution in [0.3, 0.4) is 0 Å². The van der Waals surface area contributed by atoms with Gasteiger partial charge in [0.05, 0.1) is 7.11 Å². The lowest BCUT2D eigenvalue weighted by molar-refractivity contribution is 0.0601. The maximum atomic E-state index is 12.2. The van der Waals surface area contributed by atoms with E-state index in [-0.39, 0.29) is 5.97 Å². The minimum atomic E-state index is -0.366. The molecule has 3 aromatic rings. The van der Waals surface area contributed by atoms with Gasteiger partial charge in [0.15, 0.2) is 0 Å². The van der Waals surface area contributed by atoms with Crippen molar-refractivity contribution in [2.75, 3.05) is 12.4 Å². The molecule has 0 amide bonds. The molecule has 1 saturated carbocycles. The van der Waals surface area contributed by atoms with Crippen molar-refractivity contribution in [1.82, 2.24) is 9.55 Å². The van der Waals surface area contributed by atoms with Crippen LogP contribution in [-0.2, 0) is 4.74 Å². The standard InChI is InChI=1S/C21H23N3O2/c1-13(2)24-9-8-15-10-17(6-7-19(15)24)23-20-18(21(25)26-3)11-16(12-22-20)14-4-5-14/h6-14H,4-5H2,1-3H3,(H,22,23). The molecule has 0 spiro atoms. The van der Waals surface area contributed by atoms with E-state index in [0.717, 1.165) is 16.6 Å². The number of pyridine rings is 1. The van der Waals surface area contributed by atoms with Gasteiger partial charge in [0.2, 0.25) is 0 Å². The van der Waals surface area contributed by atoms with Crippen LogP contribution in [0.1, 0.15) is 54.6 Å². The molecule has 0 bridgehead atoms. The zero-order valence-electron chi connectivity index (χ0n) is 15.3. The van der Waals surface area contributed by atoms with Crippen LogP contribution in [-0.4, -0.2) is 22.6 Å². The Morgan fingerprint density at radius 1 is 1.27 bits per heavy atom. The van der Waals surface area contributed by atoms with Gasteiger partial charge in [-0.05, 0) is 68.5 Å². The Kier molecular flexibility index (Phi) is 4.15. The van der Waals surface area contributed by atoms with Gasteiger partial charge in [-0.1, -0.05) is 0 Å². The molecule has 134 valence electrons. The minimum Gasteiger partial charge on any atom is -0.465 e. The normalized spacial score (nSPS) is 14.0. The van der Waals surface area contributed by atoms with Crippen LogP contribution < -0.4 is 5.32 Å². The average molecular weight is 349 g/mol. The van der Waals surface area contributed by atoms with Crippen molar-refractivity contribution in [1.29, 1.82) is 0 Å². The van der Waals surface area contributed by atoms with E-state index in [1.807, 2.05) is 18.3 Å². The number of nitrogens with one attached hydrogen (secondary N) is 1. The summed E-state index contributed by atoms with van der Waals surface area (Å²) in [4.78, 5) is 16.7. The molecule has 5 nitrogen and oxygen atoms in total. The summed E-state index contributed by atoms with van der Waals surface area (Å²) in [6.07, 6.45) is 6.29. The molecule has 1 aliphatic carbocycles.